The van der Waals surface area contributed by atoms with E-state index < -0.39 is 46.9 Å². The molecule has 0 aliphatic carbocycles. The smallest absolute Gasteiger partial charge is 0.418 e. The van der Waals surface area contributed by atoms with E-state index in [1.165, 1.54) is 14.1 Å². The number of hydrogen-bond donors (Lipinski definition) is 0. The van der Waals surface area contributed by atoms with Crippen LogP contribution in [-0.2, 0) is 15.8 Å². The minimum atomic E-state index is -4.78. The zero-order chi connectivity index (χ0) is 21.2. The fourth-order valence-electron chi connectivity index (χ4n) is 2.15. The van der Waals surface area contributed by atoms with Gasteiger partial charge in [0.05, 0.1) is 16.8 Å². The molecule has 0 unspecified atom stereocenters. The Morgan fingerprint density at radius 3 is 2.54 bits per heavy atom. The van der Waals surface area contributed by atoms with Crippen LogP contribution in [0.3, 0.4) is 0 Å². The van der Waals surface area contributed by atoms with E-state index in [1.807, 2.05) is 0 Å². The highest BCUT2D eigenvalue weighted by Gasteiger charge is 2.34. The molecule has 0 radical (unpaired) electrons. The third-order valence-corrected chi connectivity index (χ3v) is 3.68. The van der Waals surface area contributed by atoms with Gasteiger partial charge < -0.3 is 9.57 Å². The molecule has 152 valence electrons. The topological polar surface area (TPSA) is 73.7 Å². The van der Waals surface area contributed by atoms with Crippen molar-refractivity contribution in [1.29, 1.82) is 0 Å². The van der Waals surface area contributed by atoms with E-state index in [-0.39, 0.29) is 10.8 Å². The van der Waals surface area contributed by atoms with Crippen molar-refractivity contribution in [3.05, 3.63) is 50.7 Å². The summed E-state index contributed by atoms with van der Waals surface area (Å²) in [7, 11) is 2.93. The molecule has 0 saturated heterocycles. The van der Waals surface area contributed by atoms with Crippen molar-refractivity contribution in [3.8, 4) is 11.4 Å². The lowest BCUT2D eigenvalue weighted by Crippen LogP contribution is -2.28. The van der Waals surface area contributed by atoms with Gasteiger partial charge in [0.2, 0.25) is 0 Å². The molecule has 1 aromatic heterocycles. The average molecular weight is 424 g/mol. The van der Waals surface area contributed by atoms with E-state index in [9.17, 15) is 27.2 Å². The van der Waals surface area contributed by atoms with Crippen LogP contribution in [0.25, 0.3) is 5.69 Å². The number of aromatic nitrogens is 2. The number of ether oxygens (including phenoxy) is 1. The molecule has 0 aliphatic heterocycles. The minimum Gasteiger partial charge on any atom is -0.480 e. The van der Waals surface area contributed by atoms with Gasteiger partial charge in [0.25, 0.3) is 5.56 Å². The van der Waals surface area contributed by atoms with E-state index in [0.29, 0.717) is 10.9 Å². The van der Waals surface area contributed by atoms with Crippen LogP contribution >= 0.6 is 11.6 Å². The van der Waals surface area contributed by atoms with E-state index in [1.54, 1.807) is 0 Å². The number of rotatable bonds is 5. The van der Waals surface area contributed by atoms with E-state index in [0.717, 1.165) is 24.1 Å². The number of halogens is 5. The van der Waals surface area contributed by atoms with Gasteiger partial charge in [-0.15, -0.1) is 5.06 Å². The summed E-state index contributed by atoms with van der Waals surface area (Å²) in [5.41, 5.74) is -3.56. The Balaban J connectivity index is 2.43. The summed E-state index contributed by atoms with van der Waals surface area (Å²) in [6.07, 6.45) is -4.37. The third-order valence-electron chi connectivity index (χ3n) is 3.38. The number of benzene rings is 1. The SMILES string of the molecule is Cc1c(C(F)(F)F)cnn(-c2cc(OCC(=O)ON(C)C)c(Cl)cc2F)c1=O. The number of nitrogens with zero attached hydrogens (tertiary/aromatic N) is 3. The molecule has 0 atom stereocenters. The van der Waals surface area contributed by atoms with Gasteiger partial charge in [0, 0.05) is 25.7 Å². The largest absolute Gasteiger partial charge is 0.480 e. The highest BCUT2D eigenvalue weighted by molar-refractivity contribution is 6.32. The first-order valence-electron chi connectivity index (χ1n) is 7.58. The second kappa shape index (κ2) is 8.15. The maximum atomic E-state index is 14.3. The van der Waals surface area contributed by atoms with Gasteiger partial charge in [-0.1, -0.05) is 11.6 Å². The lowest BCUT2D eigenvalue weighted by atomic mass is 10.2. The molecule has 12 heteroatoms. The van der Waals surface area contributed by atoms with E-state index in [4.69, 9.17) is 21.2 Å². The Bertz CT molecular complexity index is 960. The van der Waals surface area contributed by atoms with Crippen molar-refractivity contribution in [2.75, 3.05) is 20.7 Å². The first kappa shape index (κ1) is 21.6. The Labute approximate surface area is 161 Å². The lowest BCUT2D eigenvalue weighted by Gasteiger charge is -2.14. The standard InChI is InChI=1S/C16H14ClF4N3O4/c1-8-9(16(19,20)21)6-22-24(15(8)26)12-5-13(10(17)4-11(12)18)27-7-14(25)28-23(2)3/h4-6H,7H2,1-3H3. The summed E-state index contributed by atoms with van der Waals surface area (Å²) < 4.78 is 58.5. The van der Waals surface area contributed by atoms with Crippen molar-refractivity contribution in [2.24, 2.45) is 0 Å². The number of hydrogen-bond acceptors (Lipinski definition) is 6. The van der Waals surface area contributed by atoms with Gasteiger partial charge in [-0.25, -0.2) is 9.18 Å². The average Bonchev–Trinajstić information content (AvgIpc) is 2.55. The van der Waals surface area contributed by atoms with Crippen LogP contribution in [-0.4, -0.2) is 41.5 Å². The zero-order valence-corrected chi connectivity index (χ0v) is 15.6. The van der Waals surface area contributed by atoms with Crippen molar-refractivity contribution in [3.63, 3.8) is 0 Å². The predicted molar refractivity (Wildman–Crippen MR) is 89.8 cm³/mol. The summed E-state index contributed by atoms with van der Waals surface area (Å²) in [4.78, 5) is 28.5. The summed E-state index contributed by atoms with van der Waals surface area (Å²) >= 11 is 5.85. The summed E-state index contributed by atoms with van der Waals surface area (Å²) in [6, 6.07) is 1.73. The highest BCUT2D eigenvalue weighted by atomic mass is 35.5. The molecule has 1 heterocycles. The molecular formula is C16H14ClF4N3O4. The van der Waals surface area contributed by atoms with Gasteiger partial charge >= 0.3 is 12.1 Å². The Morgan fingerprint density at radius 1 is 1.32 bits per heavy atom. The van der Waals surface area contributed by atoms with Gasteiger partial charge in [-0.3, -0.25) is 4.79 Å². The van der Waals surface area contributed by atoms with E-state index in [2.05, 4.69) is 5.10 Å². The molecule has 7 nitrogen and oxygen atoms in total. The molecule has 0 aliphatic rings. The molecular weight excluding hydrogens is 410 g/mol. The molecule has 2 rings (SSSR count). The highest BCUT2D eigenvalue weighted by Crippen LogP contribution is 2.31. The summed E-state index contributed by atoms with van der Waals surface area (Å²) in [6.45, 7) is 0.364. The Morgan fingerprint density at radius 2 is 1.96 bits per heavy atom. The maximum Gasteiger partial charge on any atom is 0.418 e. The molecule has 28 heavy (non-hydrogen) atoms. The molecule has 0 spiro atoms. The van der Waals surface area contributed by atoms with Crippen LogP contribution < -0.4 is 10.3 Å². The fourth-order valence-corrected chi connectivity index (χ4v) is 2.36. The van der Waals surface area contributed by atoms with E-state index >= 15 is 0 Å². The van der Waals surface area contributed by atoms with Crippen LogP contribution in [0, 0.1) is 12.7 Å². The minimum absolute atomic E-state index is 0.194. The van der Waals surface area contributed by atoms with Crippen LogP contribution in [0.5, 0.6) is 5.75 Å². The molecule has 2 aromatic rings. The van der Waals surface area contributed by atoms with Crippen molar-refractivity contribution < 1.29 is 31.9 Å². The molecule has 0 N–H and O–H groups in total. The first-order valence-corrected chi connectivity index (χ1v) is 7.96. The van der Waals surface area contributed by atoms with Crippen molar-refractivity contribution in [1.82, 2.24) is 14.8 Å². The third kappa shape index (κ3) is 4.78. The van der Waals surface area contributed by atoms with Gasteiger partial charge in [0.1, 0.15) is 11.4 Å². The van der Waals surface area contributed by atoms with Crippen molar-refractivity contribution >= 4 is 17.6 Å². The summed E-state index contributed by atoms with van der Waals surface area (Å²) in [5.74, 6) is -2.00. The lowest BCUT2D eigenvalue weighted by molar-refractivity contribution is -0.180. The normalized spacial score (nSPS) is 11.6. The second-order valence-corrected chi connectivity index (χ2v) is 6.10. The van der Waals surface area contributed by atoms with Crippen molar-refractivity contribution in [2.45, 2.75) is 13.1 Å². The first-order chi connectivity index (χ1) is 12.9. The van der Waals surface area contributed by atoms with Crippen LogP contribution in [0.4, 0.5) is 17.6 Å². The predicted octanol–water partition coefficient (Wildman–Crippen LogP) is 2.75. The van der Waals surface area contributed by atoms with Gasteiger partial charge in [-0.05, 0) is 13.0 Å². The quantitative estimate of drug-likeness (QED) is 0.544. The zero-order valence-electron chi connectivity index (χ0n) is 14.8. The summed E-state index contributed by atoms with van der Waals surface area (Å²) in [5, 5.41) is 4.29. The second-order valence-electron chi connectivity index (χ2n) is 5.70. The number of alkyl halides is 3. The Hall–Kier alpha value is -2.66. The molecule has 0 amide bonds. The maximum absolute atomic E-state index is 14.3. The molecule has 1 aromatic carbocycles. The number of carbonyl (C=O) groups excluding carboxylic acids is 1. The molecule has 0 bridgehead atoms. The van der Waals surface area contributed by atoms with Gasteiger partial charge in [-0.2, -0.15) is 23.0 Å². The molecule has 0 fully saturated rings. The van der Waals surface area contributed by atoms with Crippen LogP contribution in [0.2, 0.25) is 5.02 Å². The van der Waals surface area contributed by atoms with Crippen LogP contribution in [0.15, 0.2) is 23.1 Å². The number of hydroxylamine groups is 2. The Kier molecular flexibility index (Phi) is 6.30. The van der Waals surface area contributed by atoms with Crippen LogP contribution in [0.1, 0.15) is 11.1 Å². The monoisotopic (exact) mass is 423 g/mol. The number of carbonyl (C=O) groups is 1. The fraction of sp³-hybridized carbons (Fsp3) is 0.312. The molecule has 0 saturated carbocycles. The van der Waals surface area contributed by atoms with Gasteiger partial charge in [0.15, 0.2) is 12.4 Å².